The number of rotatable bonds is 6. The fourth-order valence-electron chi connectivity index (χ4n) is 2.89. The summed E-state index contributed by atoms with van der Waals surface area (Å²) in [6.07, 6.45) is 0.674. The Morgan fingerprint density at radius 1 is 1.17 bits per heavy atom. The maximum absolute atomic E-state index is 13.2. The fraction of sp³-hybridized carbons (Fsp3) is 0.273. The Balaban J connectivity index is 2.18. The molecule has 1 atom stereocenters. The predicted molar refractivity (Wildman–Crippen MR) is 112 cm³/mol. The molecule has 7 nitrogen and oxygen atoms in total. The number of aromatic nitrogens is 3. The highest BCUT2D eigenvalue weighted by Crippen LogP contribution is 2.08. The Bertz CT molecular complexity index is 1180. The SMILES string of the molecule is CC[C@@H](C)NC(=O)c1nn(-c2cccc(C)c2)c(=O)n(Cc2ccc(F)cc2)c1=O. The van der Waals surface area contributed by atoms with Crippen LogP contribution >= 0.6 is 0 Å². The van der Waals surface area contributed by atoms with Crippen molar-refractivity contribution in [2.45, 2.75) is 39.8 Å². The summed E-state index contributed by atoms with van der Waals surface area (Å²) in [5.41, 5.74) is 0.0157. The lowest BCUT2D eigenvalue weighted by Crippen LogP contribution is -2.47. The van der Waals surface area contributed by atoms with Gasteiger partial charge in [0.2, 0.25) is 5.69 Å². The van der Waals surface area contributed by atoms with Crippen molar-refractivity contribution in [1.29, 1.82) is 0 Å². The van der Waals surface area contributed by atoms with E-state index in [1.54, 1.807) is 18.2 Å². The van der Waals surface area contributed by atoms with Crippen molar-refractivity contribution in [2.75, 3.05) is 0 Å². The van der Waals surface area contributed by atoms with E-state index >= 15 is 0 Å². The van der Waals surface area contributed by atoms with Crippen LogP contribution in [0.15, 0.2) is 58.1 Å². The molecule has 0 aliphatic rings. The fourth-order valence-corrected chi connectivity index (χ4v) is 2.89. The van der Waals surface area contributed by atoms with Gasteiger partial charge >= 0.3 is 5.69 Å². The Hall–Kier alpha value is -3.55. The summed E-state index contributed by atoms with van der Waals surface area (Å²) in [4.78, 5) is 38.8. The minimum absolute atomic E-state index is 0.115. The Morgan fingerprint density at radius 2 is 1.87 bits per heavy atom. The molecule has 1 heterocycles. The van der Waals surface area contributed by atoms with Gasteiger partial charge in [0.25, 0.3) is 11.5 Å². The number of halogens is 1. The normalized spacial score (nSPS) is 11.9. The van der Waals surface area contributed by atoms with E-state index in [1.807, 2.05) is 26.8 Å². The molecule has 0 aliphatic heterocycles. The van der Waals surface area contributed by atoms with Gasteiger partial charge in [-0.3, -0.25) is 14.2 Å². The van der Waals surface area contributed by atoms with Crippen LogP contribution in [0.2, 0.25) is 0 Å². The van der Waals surface area contributed by atoms with E-state index in [-0.39, 0.29) is 18.3 Å². The molecule has 0 radical (unpaired) electrons. The van der Waals surface area contributed by atoms with Gasteiger partial charge in [-0.25, -0.2) is 9.18 Å². The zero-order valence-corrected chi connectivity index (χ0v) is 17.1. The molecule has 0 fully saturated rings. The Labute approximate surface area is 172 Å². The molecule has 3 rings (SSSR count). The van der Waals surface area contributed by atoms with Crippen molar-refractivity contribution in [3.05, 3.63) is 92.0 Å². The molecule has 1 aromatic heterocycles. The van der Waals surface area contributed by atoms with Crippen LogP contribution in [0, 0.1) is 12.7 Å². The van der Waals surface area contributed by atoms with Gasteiger partial charge in [-0.2, -0.15) is 9.78 Å². The molecule has 1 N–H and O–H groups in total. The summed E-state index contributed by atoms with van der Waals surface area (Å²) in [5, 5.41) is 6.80. The van der Waals surface area contributed by atoms with Crippen molar-refractivity contribution in [1.82, 2.24) is 19.7 Å². The van der Waals surface area contributed by atoms with Crippen LogP contribution in [-0.4, -0.2) is 26.3 Å². The summed E-state index contributed by atoms with van der Waals surface area (Å²) in [7, 11) is 0. The van der Waals surface area contributed by atoms with E-state index in [2.05, 4.69) is 10.4 Å². The molecular weight excluding hydrogens is 387 g/mol. The van der Waals surface area contributed by atoms with E-state index in [1.165, 1.54) is 24.3 Å². The minimum Gasteiger partial charge on any atom is -0.348 e. The molecule has 156 valence electrons. The first-order valence-electron chi connectivity index (χ1n) is 9.66. The van der Waals surface area contributed by atoms with Gasteiger partial charge in [0.15, 0.2) is 0 Å². The third-order valence-corrected chi connectivity index (χ3v) is 4.76. The van der Waals surface area contributed by atoms with E-state index in [4.69, 9.17) is 0 Å². The van der Waals surface area contributed by atoms with Crippen LogP contribution in [0.3, 0.4) is 0 Å². The molecule has 30 heavy (non-hydrogen) atoms. The number of hydrogen-bond donors (Lipinski definition) is 1. The van der Waals surface area contributed by atoms with E-state index in [9.17, 15) is 18.8 Å². The van der Waals surface area contributed by atoms with Crippen LogP contribution in [-0.2, 0) is 6.54 Å². The molecule has 0 spiro atoms. The molecule has 0 saturated carbocycles. The minimum atomic E-state index is -0.797. The monoisotopic (exact) mass is 410 g/mol. The zero-order chi connectivity index (χ0) is 21.8. The van der Waals surface area contributed by atoms with Crippen LogP contribution in [0.25, 0.3) is 5.69 Å². The third kappa shape index (κ3) is 4.53. The number of amides is 1. The number of aryl methyl sites for hydroxylation is 1. The second-order valence-corrected chi connectivity index (χ2v) is 7.18. The first kappa shape index (κ1) is 21.2. The molecule has 0 aliphatic carbocycles. The Morgan fingerprint density at radius 3 is 2.50 bits per heavy atom. The van der Waals surface area contributed by atoms with Gasteiger partial charge in [-0.15, -0.1) is 0 Å². The van der Waals surface area contributed by atoms with E-state index in [0.29, 0.717) is 17.7 Å². The average molecular weight is 410 g/mol. The molecular formula is C22H23FN4O3. The van der Waals surface area contributed by atoms with Crippen LogP contribution in [0.1, 0.15) is 41.9 Å². The van der Waals surface area contributed by atoms with Crippen LogP contribution in [0.5, 0.6) is 0 Å². The summed E-state index contributed by atoms with van der Waals surface area (Å²) < 4.78 is 15.2. The van der Waals surface area contributed by atoms with Gasteiger partial charge in [0, 0.05) is 6.04 Å². The second kappa shape index (κ2) is 8.86. The number of nitrogens with zero attached hydrogens (tertiary/aromatic N) is 3. The van der Waals surface area contributed by atoms with Crippen molar-refractivity contribution in [3.63, 3.8) is 0 Å². The number of nitrogens with one attached hydrogen (secondary N) is 1. The third-order valence-electron chi connectivity index (χ3n) is 4.76. The van der Waals surface area contributed by atoms with Gasteiger partial charge < -0.3 is 5.32 Å². The molecule has 0 saturated heterocycles. The first-order chi connectivity index (χ1) is 14.3. The number of carbonyl (C=O) groups is 1. The van der Waals surface area contributed by atoms with E-state index < -0.39 is 23.0 Å². The van der Waals surface area contributed by atoms with Gasteiger partial charge in [-0.1, -0.05) is 31.2 Å². The lowest BCUT2D eigenvalue weighted by atomic mass is 10.2. The smallest absolute Gasteiger partial charge is 0.348 e. The lowest BCUT2D eigenvalue weighted by Gasteiger charge is -2.14. The van der Waals surface area contributed by atoms with Crippen LogP contribution in [0.4, 0.5) is 4.39 Å². The molecule has 2 aromatic carbocycles. The summed E-state index contributed by atoms with van der Waals surface area (Å²) in [5.74, 6) is -1.07. The van der Waals surface area contributed by atoms with Gasteiger partial charge in [-0.05, 0) is 55.7 Å². The zero-order valence-electron chi connectivity index (χ0n) is 17.1. The molecule has 1 amide bonds. The van der Waals surface area contributed by atoms with E-state index in [0.717, 1.165) is 14.8 Å². The van der Waals surface area contributed by atoms with Crippen molar-refractivity contribution in [2.24, 2.45) is 0 Å². The largest absolute Gasteiger partial charge is 0.352 e. The second-order valence-electron chi connectivity index (χ2n) is 7.18. The average Bonchev–Trinajstić information content (AvgIpc) is 2.72. The molecule has 3 aromatic rings. The number of benzene rings is 2. The predicted octanol–water partition coefficient (Wildman–Crippen LogP) is 2.42. The topological polar surface area (TPSA) is 86.0 Å². The standard InChI is InChI=1S/C22H23FN4O3/c1-4-15(3)24-20(28)19-21(29)26(13-16-8-10-17(23)11-9-16)22(30)27(25-19)18-7-5-6-14(2)12-18/h5-12,15H,4,13H2,1-3H3,(H,24,28)/t15-/m1/s1. The maximum atomic E-state index is 13.2. The summed E-state index contributed by atoms with van der Waals surface area (Å²) in [6, 6.07) is 12.3. The van der Waals surface area contributed by atoms with Crippen molar-refractivity contribution < 1.29 is 9.18 Å². The summed E-state index contributed by atoms with van der Waals surface area (Å²) >= 11 is 0. The quantitative estimate of drug-likeness (QED) is 0.676. The highest BCUT2D eigenvalue weighted by molar-refractivity contribution is 5.91. The molecule has 8 heteroatoms. The molecule has 0 unspecified atom stereocenters. The Kier molecular flexibility index (Phi) is 6.25. The number of carbonyl (C=O) groups excluding carboxylic acids is 1. The van der Waals surface area contributed by atoms with Gasteiger partial charge in [0.05, 0.1) is 12.2 Å². The molecule has 0 bridgehead atoms. The maximum Gasteiger partial charge on any atom is 0.352 e. The van der Waals surface area contributed by atoms with Gasteiger partial charge in [0.1, 0.15) is 5.82 Å². The number of hydrogen-bond acceptors (Lipinski definition) is 4. The summed E-state index contributed by atoms with van der Waals surface area (Å²) in [6.45, 7) is 5.46. The lowest BCUT2D eigenvalue weighted by molar-refractivity contribution is 0.0929. The highest BCUT2D eigenvalue weighted by atomic mass is 19.1. The van der Waals surface area contributed by atoms with Crippen molar-refractivity contribution in [3.8, 4) is 5.69 Å². The van der Waals surface area contributed by atoms with Crippen molar-refractivity contribution >= 4 is 5.91 Å². The highest BCUT2D eigenvalue weighted by Gasteiger charge is 2.21. The first-order valence-corrected chi connectivity index (χ1v) is 9.66. The van der Waals surface area contributed by atoms with Crippen LogP contribution < -0.4 is 16.6 Å².